The third-order valence-corrected chi connectivity index (χ3v) is 1.72. The molecule has 0 radical (unpaired) electrons. The summed E-state index contributed by atoms with van der Waals surface area (Å²) in [4.78, 5) is 21.5. The molecule has 0 saturated heterocycles. The number of allylic oxidation sites excluding steroid dienone is 2. The van der Waals surface area contributed by atoms with E-state index in [9.17, 15) is 0 Å². The SMILES string of the molecule is CC.CC.CC.CC.CC.CC.CC.CC.CC.CC.CC.CC.CC.CC.CC.[CH-]=CC=[CH-].[CH-]=CN=[CH-].[W+2].[W+2].c1ccncc1.c1cnccn1.c1cncnc1. The van der Waals surface area contributed by atoms with Crippen molar-refractivity contribution in [3.05, 3.63) is 118 Å². The molecular formula is C50H110N6W2. The molecule has 0 aliphatic heterocycles. The van der Waals surface area contributed by atoms with Crippen molar-refractivity contribution < 1.29 is 42.1 Å². The number of aliphatic imine (C=N–C) groups is 1. The van der Waals surface area contributed by atoms with Crippen molar-refractivity contribution in [3.63, 3.8) is 0 Å². The average molecular weight is 1160 g/mol. The standard InChI is InChI=1S/C5H5N.2C4H4N2.C4H4.C3H3N.15C2H6.2W/c1-2-4-6-5-3-1;1-2-6-4-3-5-1;1-2-5-4-6-3-1;2*1-3-4-2;15*1-2;;/h1-5H;2*1-4H;1-4H;1-3H;15*1-2H3;;/q;;;2*-2;;;;;;;;;;;;;;;;2*+2. The Labute approximate surface area is 402 Å². The molecule has 3 rings (SSSR count). The van der Waals surface area contributed by atoms with E-state index in [1.165, 1.54) is 18.5 Å². The summed E-state index contributed by atoms with van der Waals surface area (Å²) in [7, 11) is 0. The van der Waals surface area contributed by atoms with Gasteiger partial charge in [-0.1, -0.05) is 214 Å². The molecule has 0 amide bonds. The molecule has 0 aliphatic rings. The van der Waals surface area contributed by atoms with E-state index in [0.29, 0.717) is 0 Å². The van der Waals surface area contributed by atoms with Crippen molar-refractivity contribution in [1.29, 1.82) is 0 Å². The van der Waals surface area contributed by atoms with Crippen LogP contribution in [-0.4, -0.2) is 31.6 Å². The molecule has 3 heterocycles. The average Bonchev–Trinajstić information content (AvgIpc) is 3.40. The minimum atomic E-state index is 0. The maximum Gasteiger partial charge on any atom is 2.00 e. The van der Waals surface area contributed by atoms with Gasteiger partial charge in [-0.05, 0) is 18.2 Å². The molecule has 3 aromatic rings. The first-order valence-electron chi connectivity index (χ1n) is 22.1. The molecule has 0 bridgehead atoms. The maximum atomic E-state index is 4.72. The predicted octanol–water partition coefficient (Wildman–Crippen LogP) is 18.9. The Morgan fingerprint density at radius 1 is 0.293 bits per heavy atom. The second-order valence-corrected chi connectivity index (χ2v) is 3.51. The van der Waals surface area contributed by atoms with Gasteiger partial charge in [0.05, 0.1) is 0 Å². The number of hydrogen-bond donors (Lipinski definition) is 0. The number of rotatable bonds is 2. The fourth-order valence-electron chi connectivity index (χ4n) is 0.819. The third-order valence-electron chi connectivity index (χ3n) is 1.72. The van der Waals surface area contributed by atoms with Crippen LogP contribution in [0.25, 0.3) is 0 Å². The maximum absolute atomic E-state index is 4.72. The Kier molecular flexibility index (Phi) is 872. The van der Waals surface area contributed by atoms with E-state index >= 15 is 0 Å². The van der Waals surface area contributed by atoms with E-state index in [1.54, 1.807) is 55.6 Å². The number of hydrogen-bond acceptors (Lipinski definition) is 6. The van der Waals surface area contributed by atoms with Crippen molar-refractivity contribution in [3.8, 4) is 0 Å². The Morgan fingerprint density at radius 2 is 0.466 bits per heavy atom. The van der Waals surface area contributed by atoms with E-state index in [0.717, 1.165) is 6.20 Å². The quantitative estimate of drug-likeness (QED) is 0.145. The first kappa shape index (κ1) is 124. The van der Waals surface area contributed by atoms with Gasteiger partial charge in [0.25, 0.3) is 0 Å². The third kappa shape index (κ3) is 479. The molecule has 58 heavy (non-hydrogen) atoms. The summed E-state index contributed by atoms with van der Waals surface area (Å²) in [5.41, 5.74) is 0. The molecular weight excluding hydrogens is 1050 g/mol. The molecule has 0 N–H and O–H groups in total. The van der Waals surface area contributed by atoms with Crippen molar-refractivity contribution in [1.82, 2.24) is 24.9 Å². The molecule has 0 spiro atoms. The Bertz CT molecular complexity index is 471. The van der Waals surface area contributed by atoms with Gasteiger partial charge in [0.15, 0.2) is 0 Å². The minimum Gasteiger partial charge on any atom is -0.601 e. The first-order valence-corrected chi connectivity index (χ1v) is 22.1. The smallest absolute Gasteiger partial charge is 0.601 e. The molecule has 0 fully saturated rings. The van der Waals surface area contributed by atoms with Crippen molar-refractivity contribution >= 4 is 6.72 Å². The van der Waals surface area contributed by atoms with Gasteiger partial charge in [-0.15, -0.1) is 0 Å². The Hall–Kier alpha value is -2.42. The summed E-state index contributed by atoms with van der Waals surface area (Å²) in [6, 6.07) is 7.49. The first-order chi connectivity index (χ1) is 27.8. The van der Waals surface area contributed by atoms with E-state index in [-0.39, 0.29) is 42.1 Å². The van der Waals surface area contributed by atoms with Crippen LogP contribution in [-0.2, 0) is 42.1 Å². The van der Waals surface area contributed by atoms with Crippen molar-refractivity contribution in [2.24, 2.45) is 4.99 Å². The van der Waals surface area contributed by atoms with Gasteiger partial charge < -0.3 is 43.1 Å². The fraction of sp³-hybridized carbons (Fsp3) is 0.600. The van der Waals surface area contributed by atoms with Gasteiger partial charge in [0.1, 0.15) is 6.33 Å². The van der Waals surface area contributed by atoms with Crippen LogP contribution in [0.15, 0.2) is 104 Å². The summed E-state index contributed by atoms with van der Waals surface area (Å²) in [5, 5.41) is 0. The van der Waals surface area contributed by atoms with Crippen LogP contribution in [0.1, 0.15) is 208 Å². The largest absolute Gasteiger partial charge is 2.00 e. The van der Waals surface area contributed by atoms with Gasteiger partial charge in [-0.3, -0.25) is 15.0 Å². The molecule has 8 heteroatoms. The zero-order valence-corrected chi connectivity index (χ0v) is 50.9. The van der Waals surface area contributed by atoms with Gasteiger partial charge in [-0.2, -0.15) is 6.72 Å². The topological polar surface area (TPSA) is 76.8 Å². The van der Waals surface area contributed by atoms with E-state index < -0.39 is 0 Å². The minimum absolute atomic E-state index is 0. The monoisotopic (exact) mass is 1160 g/mol. The van der Waals surface area contributed by atoms with Crippen LogP contribution < -0.4 is 0 Å². The molecule has 0 atom stereocenters. The zero-order valence-electron chi connectivity index (χ0n) is 45.0. The van der Waals surface area contributed by atoms with E-state index in [4.69, 9.17) is 13.2 Å². The summed E-state index contributed by atoms with van der Waals surface area (Å²) >= 11 is 0. The van der Waals surface area contributed by atoms with E-state index in [1.807, 2.05) is 226 Å². The van der Waals surface area contributed by atoms with Crippen LogP contribution in [0.2, 0.25) is 0 Å². The second-order valence-electron chi connectivity index (χ2n) is 3.51. The van der Waals surface area contributed by atoms with Crippen LogP contribution in [0.5, 0.6) is 0 Å². The van der Waals surface area contributed by atoms with Crippen LogP contribution in [0.4, 0.5) is 0 Å². The number of aromatic nitrogens is 5. The van der Waals surface area contributed by atoms with Crippen molar-refractivity contribution in [2.45, 2.75) is 208 Å². The Morgan fingerprint density at radius 3 is 0.517 bits per heavy atom. The van der Waals surface area contributed by atoms with Crippen molar-refractivity contribution in [2.75, 3.05) is 0 Å². The van der Waals surface area contributed by atoms with Gasteiger partial charge in [0.2, 0.25) is 0 Å². The fourth-order valence-corrected chi connectivity index (χ4v) is 0.819. The second kappa shape index (κ2) is 409. The number of pyridine rings is 1. The molecule has 3 aromatic heterocycles. The Balaban J connectivity index is -0.0000000166. The van der Waals surface area contributed by atoms with Gasteiger partial charge >= 0.3 is 42.1 Å². The summed E-state index contributed by atoms with van der Waals surface area (Å²) in [5.74, 6) is 0. The predicted molar refractivity (Wildman–Crippen MR) is 274 cm³/mol. The molecule has 0 saturated carbocycles. The molecule has 0 aliphatic carbocycles. The van der Waals surface area contributed by atoms with Gasteiger partial charge in [-0.25, -0.2) is 9.97 Å². The summed E-state index contributed by atoms with van der Waals surface area (Å²) in [6.07, 6.45) is 18.5. The van der Waals surface area contributed by atoms with E-state index in [2.05, 4.69) is 43.2 Å². The molecule has 0 aromatic carbocycles. The van der Waals surface area contributed by atoms with Crippen LogP contribution >= 0.6 is 0 Å². The molecule has 0 unspecified atom stereocenters. The molecule has 6 nitrogen and oxygen atoms in total. The summed E-state index contributed by atoms with van der Waals surface area (Å²) < 4.78 is 0. The normalized spacial score (nSPS) is 4.72. The molecule has 352 valence electrons. The zero-order chi connectivity index (χ0) is 49.6. The van der Waals surface area contributed by atoms with Crippen LogP contribution in [0.3, 0.4) is 0 Å². The van der Waals surface area contributed by atoms with Crippen LogP contribution in [0, 0.1) is 19.7 Å². The number of nitrogens with zero attached hydrogens (tertiary/aromatic N) is 6. The van der Waals surface area contributed by atoms with Gasteiger partial charge in [0, 0.05) is 49.6 Å². The summed E-state index contributed by atoms with van der Waals surface area (Å²) in [6.45, 7) is 78.5.